The zero-order valence-corrected chi connectivity index (χ0v) is 36.4. The molecule has 0 aliphatic carbocycles. The SMILES string of the molecule is C=C(OC(=O)CN(CCOC(=O)CCOOC)CCOC(=O)CCOOC)N(CCCCCCCCCCCCCC)CCCCCCCCCCCCCC. The fourth-order valence-electron chi connectivity index (χ4n) is 6.47. The maximum Gasteiger partial charge on any atom is 0.326 e. The molecule has 0 amide bonds. The van der Waals surface area contributed by atoms with Crippen molar-refractivity contribution in [3.63, 3.8) is 0 Å². The van der Waals surface area contributed by atoms with Crippen LogP contribution in [-0.2, 0) is 48.1 Å². The summed E-state index contributed by atoms with van der Waals surface area (Å²) in [4.78, 5) is 59.7. The fraction of sp³-hybridized carbons (Fsp3) is 0.886. The fourth-order valence-corrected chi connectivity index (χ4v) is 6.47. The molecule has 12 nitrogen and oxygen atoms in total. The van der Waals surface area contributed by atoms with Gasteiger partial charge in [0.25, 0.3) is 0 Å². The summed E-state index contributed by atoms with van der Waals surface area (Å²) < 4.78 is 16.4. The van der Waals surface area contributed by atoms with Gasteiger partial charge in [-0.15, -0.1) is 0 Å². The van der Waals surface area contributed by atoms with Crippen LogP contribution in [0, 0.1) is 0 Å². The number of carbonyl (C=O) groups excluding carboxylic acids is 3. The molecule has 0 unspecified atom stereocenters. The van der Waals surface area contributed by atoms with E-state index in [1.54, 1.807) is 4.90 Å². The molecule has 0 spiro atoms. The van der Waals surface area contributed by atoms with Crippen LogP contribution in [0.2, 0.25) is 0 Å². The highest BCUT2D eigenvalue weighted by Gasteiger charge is 2.18. The Kier molecular flexibility index (Phi) is 40.7. The van der Waals surface area contributed by atoms with Crippen molar-refractivity contribution in [3.05, 3.63) is 12.5 Å². The summed E-state index contributed by atoms with van der Waals surface area (Å²) >= 11 is 0. The van der Waals surface area contributed by atoms with Crippen molar-refractivity contribution in [3.8, 4) is 0 Å². The molecule has 0 aromatic rings. The first kappa shape index (κ1) is 53.8. The van der Waals surface area contributed by atoms with Crippen LogP contribution in [0.5, 0.6) is 0 Å². The molecule has 0 radical (unpaired) electrons. The number of rotatable bonds is 44. The molecule has 0 saturated heterocycles. The van der Waals surface area contributed by atoms with Gasteiger partial charge in [-0.2, -0.15) is 0 Å². The van der Waals surface area contributed by atoms with E-state index in [0.717, 1.165) is 38.8 Å². The average Bonchev–Trinajstić information content (AvgIpc) is 3.17. The lowest BCUT2D eigenvalue weighted by Crippen LogP contribution is -2.38. The molecule has 0 fully saturated rings. The standard InChI is InChI=1S/C44H84N2O10/c1-6-8-10-12-14-16-18-20-22-24-26-28-32-46(33-29-27-25-23-21-19-17-15-13-11-9-7-2)41(3)56-44(49)40-45(34-38-52-42(47)30-36-54-50-4)35-39-53-43(48)31-37-55-51-5/h3,6-40H2,1-2,4-5H3. The lowest BCUT2D eigenvalue weighted by atomic mass is 10.0. The van der Waals surface area contributed by atoms with E-state index >= 15 is 0 Å². The molecule has 0 aromatic carbocycles. The van der Waals surface area contributed by atoms with Crippen LogP contribution >= 0.6 is 0 Å². The van der Waals surface area contributed by atoms with Gasteiger partial charge in [0.2, 0.25) is 0 Å². The van der Waals surface area contributed by atoms with Crippen LogP contribution in [0.1, 0.15) is 181 Å². The van der Waals surface area contributed by atoms with E-state index in [9.17, 15) is 14.4 Å². The third-order valence-corrected chi connectivity index (χ3v) is 9.86. The van der Waals surface area contributed by atoms with Gasteiger partial charge in [0.1, 0.15) is 13.2 Å². The largest absolute Gasteiger partial charge is 0.464 e. The number of nitrogens with zero attached hydrogens (tertiary/aromatic N) is 2. The first-order chi connectivity index (χ1) is 27.4. The molecule has 330 valence electrons. The third-order valence-electron chi connectivity index (χ3n) is 9.86. The molecule has 56 heavy (non-hydrogen) atoms. The minimum absolute atomic E-state index is 0.0328. The van der Waals surface area contributed by atoms with Crippen molar-refractivity contribution in [2.24, 2.45) is 0 Å². The van der Waals surface area contributed by atoms with Crippen LogP contribution in [0.25, 0.3) is 0 Å². The van der Waals surface area contributed by atoms with E-state index in [0.29, 0.717) is 5.88 Å². The van der Waals surface area contributed by atoms with Gasteiger partial charge in [-0.1, -0.05) is 155 Å². The zero-order valence-electron chi connectivity index (χ0n) is 36.4. The van der Waals surface area contributed by atoms with Crippen molar-refractivity contribution in [1.29, 1.82) is 0 Å². The minimum Gasteiger partial charge on any atom is -0.464 e. The van der Waals surface area contributed by atoms with Crippen LogP contribution in [-0.4, -0.2) is 101 Å². The molecule has 12 heteroatoms. The van der Waals surface area contributed by atoms with Gasteiger partial charge >= 0.3 is 17.9 Å². The van der Waals surface area contributed by atoms with E-state index in [-0.39, 0.29) is 58.9 Å². The monoisotopic (exact) mass is 801 g/mol. The molecule has 0 rings (SSSR count). The summed E-state index contributed by atoms with van der Waals surface area (Å²) in [6, 6.07) is 0. The van der Waals surface area contributed by atoms with Gasteiger partial charge in [0.05, 0.1) is 46.8 Å². The highest BCUT2D eigenvalue weighted by Crippen LogP contribution is 2.16. The first-order valence-corrected chi connectivity index (χ1v) is 22.4. The second kappa shape index (κ2) is 42.4. The average molecular weight is 801 g/mol. The van der Waals surface area contributed by atoms with E-state index in [1.165, 1.54) is 143 Å². The molecular weight excluding hydrogens is 716 g/mol. The number of unbranched alkanes of at least 4 members (excludes halogenated alkanes) is 22. The third kappa shape index (κ3) is 37.3. The molecule has 0 aliphatic rings. The van der Waals surface area contributed by atoms with Crippen molar-refractivity contribution >= 4 is 17.9 Å². The summed E-state index contributed by atoms with van der Waals surface area (Å²) in [5.41, 5.74) is 0. The van der Waals surface area contributed by atoms with Crippen molar-refractivity contribution in [2.45, 2.75) is 181 Å². The van der Waals surface area contributed by atoms with Gasteiger partial charge in [0, 0.05) is 26.2 Å². The van der Waals surface area contributed by atoms with Crippen LogP contribution in [0.15, 0.2) is 12.5 Å². The molecule has 0 bridgehead atoms. The highest BCUT2D eigenvalue weighted by atomic mass is 17.2. The van der Waals surface area contributed by atoms with E-state index < -0.39 is 17.9 Å². The van der Waals surface area contributed by atoms with Gasteiger partial charge in [-0.25, -0.2) is 19.6 Å². The second-order valence-corrected chi connectivity index (χ2v) is 14.8. The van der Waals surface area contributed by atoms with Crippen LogP contribution < -0.4 is 0 Å². The second-order valence-electron chi connectivity index (χ2n) is 14.8. The maximum atomic E-state index is 13.2. The van der Waals surface area contributed by atoms with Gasteiger partial charge in [0.15, 0.2) is 5.88 Å². The summed E-state index contributed by atoms with van der Waals surface area (Å²) in [6.07, 6.45) is 30.9. The Bertz CT molecular complexity index is 866. The molecule has 0 heterocycles. The minimum atomic E-state index is -0.468. The molecule has 0 saturated carbocycles. The Balaban J connectivity index is 4.98. The van der Waals surface area contributed by atoms with Crippen molar-refractivity contribution in [2.75, 3.05) is 73.4 Å². The Morgan fingerprint density at radius 3 is 1.12 bits per heavy atom. The molecule has 0 aromatic heterocycles. The Labute approximate surface area is 341 Å². The highest BCUT2D eigenvalue weighted by molar-refractivity contribution is 5.73. The van der Waals surface area contributed by atoms with E-state index in [4.69, 9.17) is 24.0 Å². The molecule has 0 atom stereocenters. The number of esters is 3. The Morgan fingerprint density at radius 2 is 0.786 bits per heavy atom. The number of hydrogen-bond acceptors (Lipinski definition) is 12. The molecule has 0 N–H and O–H groups in total. The lowest BCUT2D eigenvalue weighted by molar-refractivity contribution is -0.272. The van der Waals surface area contributed by atoms with Crippen LogP contribution in [0.4, 0.5) is 0 Å². The maximum absolute atomic E-state index is 13.2. The van der Waals surface area contributed by atoms with Crippen molar-refractivity contribution < 1.29 is 48.1 Å². The predicted octanol–water partition coefficient (Wildman–Crippen LogP) is 10.0. The summed E-state index contributed by atoms with van der Waals surface area (Å²) in [6.45, 7) is 10.9. The van der Waals surface area contributed by atoms with Crippen LogP contribution in [0.3, 0.4) is 0 Å². The number of ether oxygens (including phenoxy) is 3. The first-order valence-electron chi connectivity index (χ1n) is 22.4. The zero-order chi connectivity index (χ0) is 41.2. The van der Waals surface area contributed by atoms with E-state index in [2.05, 4.69) is 35.1 Å². The van der Waals surface area contributed by atoms with Gasteiger partial charge < -0.3 is 19.1 Å². The quantitative estimate of drug-likeness (QED) is 0.0146. The lowest BCUT2D eigenvalue weighted by Gasteiger charge is -2.27. The normalized spacial score (nSPS) is 11.2. The number of carbonyl (C=O) groups is 3. The topological polar surface area (TPSA) is 122 Å². The summed E-state index contributed by atoms with van der Waals surface area (Å²) in [5.74, 6) is -0.998. The molecule has 0 aliphatic heterocycles. The molecular formula is C44H84N2O10. The Hall–Kier alpha value is -2.25. The van der Waals surface area contributed by atoms with Gasteiger partial charge in [-0.05, 0) is 19.4 Å². The predicted molar refractivity (Wildman–Crippen MR) is 222 cm³/mol. The van der Waals surface area contributed by atoms with E-state index in [1.807, 2.05) is 0 Å². The summed E-state index contributed by atoms with van der Waals surface area (Å²) in [7, 11) is 2.73. The smallest absolute Gasteiger partial charge is 0.326 e. The number of hydrogen-bond donors (Lipinski definition) is 0. The summed E-state index contributed by atoms with van der Waals surface area (Å²) in [5, 5.41) is 0. The van der Waals surface area contributed by atoms with Crippen molar-refractivity contribution in [1.82, 2.24) is 9.80 Å². The van der Waals surface area contributed by atoms with Gasteiger partial charge in [-0.3, -0.25) is 19.3 Å². The Morgan fingerprint density at radius 1 is 0.446 bits per heavy atom.